The Morgan fingerprint density at radius 3 is 2.67 bits per heavy atom. The summed E-state index contributed by atoms with van der Waals surface area (Å²) >= 11 is 0. The summed E-state index contributed by atoms with van der Waals surface area (Å²) in [6.45, 7) is 9.74. The van der Waals surface area contributed by atoms with Crippen LogP contribution in [0.2, 0.25) is 0 Å². The minimum absolute atomic E-state index is 0.0240. The van der Waals surface area contributed by atoms with Crippen molar-refractivity contribution in [2.75, 3.05) is 38.2 Å². The number of aliphatic hydroxyl groups is 1. The molecule has 7 heteroatoms. The Morgan fingerprint density at radius 1 is 1.14 bits per heavy atom. The second-order valence-electron chi connectivity index (χ2n) is 12.4. The van der Waals surface area contributed by atoms with E-state index in [1.807, 2.05) is 57.2 Å². The normalized spacial score (nSPS) is 22.6. The van der Waals surface area contributed by atoms with E-state index in [1.165, 1.54) is 5.56 Å². The number of amidine groups is 1. The summed E-state index contributed by atoms with van der Waals surface area (Å²) < 4.78 is 5.49. The molecule has 42 heavy (non-hydrogen) atoms. The number of carbonyl (C=O) groups excluding carboxylic acids is 1. The molecular weight excluding hydrogens is 524 g/mol. The molecule has 0 radical (unpaired) electrons. The third-order valence-electron chi connectivity index (χ3n) is 9.28. The monoisotopic (exact) mass is 565 g/mol. The number of ether oxygens (including phenoxy) is 1. The number of aliphatic hydroxyl groups excluding tert-OH is 1. The Kier molecular flexibility index (Phi) is 8.17. The van der Waals surface area contributed by atoms with Crippen LogP contribution in [0.1, 0.15) is 56.8 Å². The van der Waals surface area contributed by atoms with Gasteiger partial charge >= 0.3 is 0 Å². The van der Waals surface area contributed by atoms with Gasteiger partial charge in [0.2, 0.25) is 0 Å². The number of hydrogen-bond donors (Lipinski definition) is 3. The van der Waals surface area contributed by atoms with Gasteiger partial charge in [0.15, 0.2) is 5.78 Å². The van der Waals surface area contributed by atoms with Gasteiger partial charge in [-0.2, -0.15) is 0 Å². The van der Waals surface area contributed by atoms with Gasteiger partial charge in [-0.15, -0.1) is 0 Å². The third kappa shape index (κ3) is 6.00. The van der Waals surface area contributed by atoms with Crippen LogP contribution < -0.4 is 5.32 Å². The van der Waals surface area contributed by atoms with E-state index in [1.54, 1.807) is 0 Å². The Balaban J connectivity index is 1.17. The third-order valence-corrected chi connectivity index (χ3v) is 9.28. The van der Waals surface area contributed by atoms with Crippen molar-refractivity contribution >= 4 is 29.0 Å². The molecule has 2 fully saturated rings. The van der Waals surface area contributed by atoms with E-state index in [9.17, 15) is 15.3 Å². The van der Waals surface area contributed by atoms with Gasteiger partial charge in [0.1, 0.15) is 0 Å². The van der Waals surface area contributed by atoms with Gasteiger partial charge in [0, 0.05) is 42.5 Å². The van der Waals surface area contributed by atoms with Gasteiger partial charge in [0.25, 0.3) is 0 Å². The SMILES string of the molecule is Cc1ccc2c(c1)/C(=C/c1[nH]c(C)c(C(=O)C3CC3CC(Cc3ccccc3)[C@H](O)CN3CCOCC3)c1C)C(=[N-])N2. The maximum Gasteiger partial charge on any atom is 0.168 e. The summed E-state index contributed by atoms with van der Waals surface area (Å²) in [5, 5.41) is 25.1. The van der Waals surface area contributed by atoms with Crippen LogP contribution in [0.5, 0.6) is 0 Å². The highest BCUT2D eigenvalue weighted by Crippen LogP contribution is 2.47. The Labute approximate surface area is 248 Å². The molecule has 2 aromatic carbocycles. The maximum atomic E-state index is 13.9. The molecule has 0 bridgehead atoms. The maximum absolute atomic E-state index is 13.9. The van der Waals surface area contributed by atoms with Crippen LogP contribution in [0.15, 0.2) is 48.5 Å². The molecule has 0 amide bonds. The first kappa shape index (κ1) is 28.6. The number of anilines is 1. The van der Waals surface area contributed by atoms with Gasteiger partial charge < -0.3 is 25.6 Å². The zero-order valence-electron chi connectivity index (χ0n) is 24.8. The van der Waals surface area contributed by atoms with Crippen molar-refractivity contribution in [2.24, 2.45) is 17.8 Å². The number of nitrogens with zero attached hydrogens (tertiary/aromatic N) is 2. The fourth-order valence-electron chi connectivity index (χ4n) is 6.79. The molecule has 6 rings (SSSR count). The molecule has 1 aliphatic carbocycles. The summed E-state index contributed by atoms with van der Waals surface area (Å²) in [4.78, 5) is 19.6. The number of morpholine rings is 1. The van der Waals surface area contributed by atoms with Crippen LogP contribution >= 0.6 is 0 Å². The molecule has 3 heterocycles. The quantitative estimate of drug-likeness (QED) is 0.277. The van der Waals surface area contributed by atoms with Gasteiger partial charge in [-0.1, -0.05) is 59.9 Å². The molecular formula is C35H41N4O3-. The minimum atomic E-state index is -0.455. The first-order chi connectivity index (χ1) is 20.3. The average Bonchev–Trinajstić information content (AvgIpc) is 3.61. The lowest BCUT2D eigenvalue weighted by atomic mass is 9.87. The number of fused-ring (bicyclic) bond motifs is 1. The molecule has 4 atom stereocenters. The summed E-state index contributed by atoms with van der Waals surface area (Å²) in [6.07, 6.45) is 3.98. The number of rotatable bonds is 10. The van der Waals surface area contributed by atoms with Crippen LogP contribution in [0.25, 0.3) is 17.1 Å². The van der Waals surface area contributed by atoms with Crippen molar-refractivity contribution in [2.45, 2.75) is 46.1 Å². The molecule has 3 unspecified atom stereocenters. The predicted molar refractivity (Wildman–Crippen MR) is 169 cm³/mol. The van der Waals surface area contributed by atoms with Crippen LogP contribution in [-0.4, -0.2) is 65.6 Å². The number of ketones is 1. The van der Waals surface area contributed by atoms with Crippen molar-refractivity contribution in [1.82, 2.24) is 9.88 Å². The number of aromatic nitrogens is 1. The summed E-state index contributed by atoms with van der Waals surface area (Å²) in [5.41, 5.74) is 8.27. The number of H-pyrrole nitrogens is 1. The van der Waals surface area contributed by atoms with Crippen LogP contribution in [-0.2, 0) is 11.2 Å². The standard InChI is InChI=1S/C35H41N4O3/c1-21-9-10-30-28(15-21)29(35(36)38-30)19-31-22(2)33(23(3)37-31)34(41)27-18-25(27)17-26(16-24-7-5-4-6-8-24)32(40)20-39-11-13-42-14-12-39/h4-10,15,19,25-27,32,40H,11-14,16-18,20H2,1-3H3,(H2-,36,37,38,41)/q-1/t25?,26?,27?,32-/m1/s1. The molecule has 1 aromatic heterocycles. The topological polar surface area (TPSA) is 99.9 Å². The van der Waals surface area contributed by atoms with Crippen molar-refractivity contribution in [1.29, 1.82) is 0 Å². The number of benzene rings is 2. The fourth-order valence-corrected chi connectivity index (χ4v) is 6.79. The summed E-state index contributed by atoms with van der Waals surface area (Å²) in [5.74, 6) is 0.642. The van der Waals surface area contributed by atoms with Crippen molar-refractivity contribution in [3.8, 4) is 0 Å². The second-order valence-corrected chi connectivity index (χ2v) is 12.4. The van der Waals surface area contributed by atoms with E-state index in [0.717, 1.165) is 77.3 Å². The minimum Gasteiger partial charge on any atom is -0.464 e. The smallest absolute Gasteiger partial charge is 0.168 e. The zero-order chi connectivity index (χ0) is 29.4. The first-order valence-corrected chi connectivity index (χ1v) is 15.2. The molecule has 1 saturated heterocycles. The first-order valence-electron chi connectivity index (χ1n) is 15.2. The Morgan fingerprint density at radius 2 is 1.90 bits per heavy atom. The number of carbonyl (C=O) groups is 1. The lowest BCUT2D eigenvalue weighted by molar-refractivity contribution is -0.00134. The Bertz CT molecular complexity index is 1500. The molecule has 1 saturated carbocycles. The molecule has 0 spiro atoms. The zero-order valence-corrected chi connectivity index (χ0v) is 24.8. The molecule has 2 aliphatic heterocycles. The summed E-state index contributed by atoms with van der Waals surface area (Å²) in [6, 6.07) is 16.4. The number of β-amino-alcohol motifs (C(OH)–C–C–N with tert-alkyl or cyclic N) is 1. The molecule has 7 nitrogen and oxygen atoms in total. The molecule has 220 valence electrons. The van der Waals surface area contributed by atoms with E-state index in [4.69, 9.17) is 4.74 Å². The number of hydrogen-bond acceptors (Lipinski definition) is 4. The van der Waals surface area contributed by atoms with Gasteiger partial charge in [-0.3, -0.25) is 9.69 Å². The van der Waals surface area contributed by atoms with Crippen LogP contribution in [0.4, 0.5) is 5.69 Å². The largest absolute Gasteiger partial charge is 0.464 e. The highest BCUT2D eigenvalue weighted by molar-refractivity contribution is 6.38. The van der Waals surface area contributed by atoms with Gasteiger partial charge in [-0.05, 0) is 85.9 Å². The number of nitrogens with one attached hydrogen (secondary N) is 2. The summed E-state index contributed by atoms with van der Waals surface area (Å²) in [7, 11) is 0. The fraction of sp³-hybridized carbons (Fsp3) is 0.429. The number of aromatic amines is 1. The second kappa shape index (κ2) is 12.0. The van der Waals surface area contributed by atoms with Crippen LogP contribution in [0, 0.1) is 38.5 Å². The van der Waals surface area contributed by atoms with Crippen molar-refractivity contribution in [3.63, 3.8) is 0 Å². The highest BCUT2D eigenvalue weighted by Gasteiger charge is 2.46. The predicted octanol–water partition coefficient (Wildman–Crippen LogP) is 5.63. The molecule has 3 aromatic rings. The number of aryl methyl sites for hydroxylation is 2. The van der Waals surface area contributed by atoms with E-state index in [0.29, 0.717) is 19.8 Å². The molecule has 3 aliphatic rings. The van der Waals surface area contributed by atoms with E-state index < -0.39 is 6.10 Å². The highest BCUT2D eigenvalue weighted by atomic mass is 16.5. The van der Waals surface area contributed by atoms with Crippen molar-refractivity contribution < 1.29 is 14.6 Å². The van der Waals surface area contributed by atoms with E-state index in [2.05, 4.69) is 33.4 Å². The van der Waals surface area contributed by atoms with E-state index >= 15 is 0 Å². The van der Waals surface area contributed by atoms with Crippen LogP contribution in [0.3, 0.4) is 0 Å². The number of Topliss-reactive ketones (excluding diaryl/α,β-unsaturated/α-hetero) is 1. The van der Waals surface area contributed by atoms with Crippen molar-refractivity contribution in [3.05, 3.63) is 93.1 Å². The lowest BCUT2D eigenvalue weighted by Gasteiger charge is -2.32. The lowest BCUT2D eigenvalue weighted by Crippen LogP contribution is -2.43. The average molecular weight is 566 g/mol. The Hall–Kier alpha value is -3.52. The van der Waals surface area contributed by atoms with Gasteiger partial charge in [0.05, 0.1) is 19.3 Å². The van der Waals surface area contributed by atoms with E-state index in [-0.39, 0.29) is 29.4 Å². The van der Waals surface area contributed by atoms with Gasteiger partial charge in [-0.25, -0.2) is 0 Å². The molecule has 3 N–H and O–H groups in total.